The number of piperidine rings is 1. The Morgan fingerprint density at radius 1 is 0.911 bits per heavy atom. The van der Waals surface area contributed by atoms with E-state index in [4.69, 9.17) is 4.74 Å². The molecule has 0 aromatic heterocycles. The molecule has 12 heteroatoms. The average molecular weight is 811 g/mol. The van der Waals surface area contributed by atoms with Gasteiger partial charge < -0.3 is 30.8 Å². The van der Waals surface area contributed by atoms with Crippen LogP contribution in [0.4, 0.5) is 4.79 Å². The third kappa shape index (κ3) is 14.1. The van der Waals surface area contributed by atoms with E-state index in [2.05, 4.69) is 42.8 Å². The number of carbonyl (C=O) groups excluding carboxylic acids is 4. The standard InChI is InChI=1S/C44H65N5O6.V/c1-31(2)26-32(3)22-23-35(27-33-16-10-8-11-17-33)41(52)48-25-15-21-38(48)40(51)47-37(20-14-24-45-42(53)55-30-34-18-12-9-13-19-34)39(50)46-36-28-43(4,5)49(54)44(6,7)29-36;/h8-13,16-19,22-23,31-32,35-38,54H,14-15,20-21,24-30H2,1-7H3,(H,45,53)(H,46,50)(H,47,51);/b23-22+;/t32-,35-,37+,38+;/m1./s1. The van der Waals surface area contributed by atoms with E-state index < -0.39 is 35.2 Å². The van der Waals surface area contributed by atoms with Crippen molar-refractivity contribution in [3.05, 3.63) is 83.9 Å². The number of nitrogens with zero attached hydrogens (tertiary/aromatic N) is 2. The Morgan fingerprint density at radius 2 is 1.52 bits per heavy atom. The normalized spacial score (nSPS) is 19.8. The maximum atomic E-state index is 14.3. The molecule has 4 atom stereocenters. The molecule has 0 bridgehead atoms. The summed E-state index contributed by atoms with van der Waals surface area (Å²) in [7, 11) is 0. The van der Waals surface area contributed by atoms with Crippen LogP contribution in [-0.4, -0.2) is 81.3 Å². The molecule has 0 unspecified atom stereocenters. The number of hydroxylamine groups is 2. The zero-order valence-corrected chi connectivity index (χ0v) is 35.9. The zero-order chi connectivity index (χ0) is 40.2. The molecule has 0 saturated carbocycles. The first-order chi connectivity index (χ1) is 26.1. The van der Waals surface area contributed by atoms with E-state index in [1.165, 1.54) is 5.06 Å². The first-order valence-electron chi connectivity index (χ1n) is 20.1. The van der Waals surface area contributed by atoms with Gasteiger partial charge in [0.05, 0.1) is 5.92 Å². The van der Waals surface area contributed by atoms with E-state index in [0.717, 1.165) is 17.5 Å². The Bertz CT molecular complexity index is 1570. The summed E-state index contributed by atoms with van der Waals surface area (Å²) in [5, 5.41) is 21.1. The van der Waals surface area contributed by atoms with Gasteiger partial charge in [0, 0.05) is 48.8 Å². The molecule has 2 saturated heterocycles. The van der Waals surface area contributed by atoms with Gasteiger partial charge in [-0.1, -0.05) is 93.6 Å². The SMILES string of the molecule is CC(C)C[C@H](C)/C=C/[C@H](Cc1ccccc1)C(=O)N1CCC[C@H]1C(=O)N[C@@H](CCCNC(=O)OCc1ccccc1)C(=O)NC1CC(C)(C)N(O)C(C)(C)C1.[V]. The van der Waals surface area contributed by atoms with Crippen molar-refractivity contribution in [2.24, 2.45) is 17.8 Å². The van der Waals surface area contributed by atoms with Gasteiger partial charge >= 0.3 is 6.09 Å². The first kappa shape index (κ1) is 46.7. The number of alkyl carbamates (subject to hydrolysis) is 1. The molecule has 2 heterocycles. The number of likely N-dealkylation sites (tertiary alicyclic amines) is 1. The summed E-state index contributed by atoms with van der Waals surface area (Å²) in [6, 6.07) is 17.5. The van der Waals surface area contributed by atoms with Crippen LogP contribution >= 0.6 is 0 Å². The largest absolute Gasteiger partial charge is 0.445 e. The second-order valence-electron chi connectivity index (χ2n) is 17.2. The number of hydrogen-bond donors (Lipinski definition) is 4. The predicted molar refractivity (Wildman–Crippen MR) is 215 cm³/mol. The van der Waals surface area contributed by atoms with E-state index in [1.54, 1.807) is 4.90 Å². The van der Waals surface area contributed by atoms with Crippen molar-refractivity contribution in [3.8, 4) is 0 Å². The van der Waals surface area contributed by atoms with Gasteiger partial charge in [-0.2, -0.15) is 5.06 Å². The Kier molecular flexibility index (Phi) is 18.2. The number of nitrogens with one attached hydrogen (secondary N) is 3. The molecule has 4 amide bonds. The third-order valence-electron chi connectivity index (χ3n) is 10.7. The smallest absolute Gasteiger partial charge is 0.407 e. The third-order valence-corrected chi connectivity index (χ3v) is 10.7. The molecule has 56 heavy (non-hydrogen) atoms. The number of carbonyl (C=O) groups is 4. The quantitative estimate of drug-likeness (QED) is 0.102. The topological polar surface area (TPSA) is 140 Å². The van der Waals surface area contributed by atoms with E-state index in [1.807, 2.05) is 94.4 Å². The van der Waals surface area contributed by atoms with Crippen LogP contribution in [0.2, 0.25) is 0 Å². The molecule has 4 N–H and O–H groups in total. The number of benzene rings is 2. The van der Waals surface area contributed by atoms with Gasteiger partial charge in [0.1, 0.15) is 18.7 Å². The van der Waals surface area contributed by atoms with Gasteiger partial charge in [-0.15, -0.1) is 0 Å². The van der Waals surface area contributed by atoms with Crippen molar-refractivity contribution in [2.75, 3.05) is 13.1 Å². The van der Waals surface area contributed by atoms with Crippen molar-refractivity contribution in [1.82, 2.24) is 25.9 Å². The number of allylic oxidation sites excluding steroid dienone is 1. The van der Waals surface area contributed by atoms with Crippen molar-refractivity contribution < 1.29 is 47.7 Å². The van der Waals surface area contributed by atoms with E-state index in [9.17, 15) is 24.4 Å². The Hall–Kier alpha value is -3.64. The molecule has 2 aliphatic rings. The molecule has 1 radical (unpaired) electrons. The van der Waals surface area contributed by atoms with Crippen LogP contribution in [0.15, 0.2) is 72.8 Å². The summed E-state index contributed by atoms with van der Waals surface area (Å²) < 4.78 is 5.34. The second kappa shape index (κ2) is 21.8. The molecule has 2 aliphatic heterocycles. The Balaban J connectivity index is 0.00000841. The van der Waals surface area contributed by atoms with Gasteiger partial charge in [-0.3, -0.25) is 14.4 Å². The van der Waals surface area contributed by atoms with E-state index >= 15 is 0 Å². The predicted octanol–water partition coefficient (Wildman–Crippen LogP) is 6.79. The fourth-order valence-electron chi connectivity index (χ4n) is 8.25. The number of ether oxygens (including phenoxy) is 1. The summed E-state index contributed by atoms with van der Waals surface area (Å²) in [6.07, 6.45) is 8.01. The molecular formula is C44H65N5O6V. The maximum Gasteiger partial charge on any atom is 0.407 e. The minimum atomic E-state index is -0.900. The Labute approximate surface area is 346 Å². The number of hydrogen-bond acceptors (Lipinski definition) is 7. The molecule has 2 fully saturated rings. The minimum Gasteiger partial charge on any atom is -0.445 e. The van der Waals surface area contributed by atoms with E-state index in [0.29, 0.717) is 56.9 Å². The summed E-state index contributed by atoms with van der Waals surface area (Å²) in [4.78, 5) is 56.5. The molecule has 2 aromatic rings. The van der Waals surface area contributed by atoms with Crippen molar-refractivity contribution >= 4 is 23.8 Å². The molecule has 11 nitrogen and oxygen atoms in total. The molecular weight excluding hydrogens is 745 g/mol. The average Bonchev–Trinajstić information content (AvgIpc) is 3.63. The van der Waals surface area contributed by atoms with Crippen LogP contribution in [0, 0.1) is 17.8 Å². The van der Waals surface area contributed by atoms with Crippen LogP contribution < -0.4 is 16.0 Å². The number of rotatable bonds is 17. The molecule has 0 aliphatic carbocycles. The summed E-state index contributed by atoms with van der Waals surface area (Å²) in [5.41, 5.74) is 0.766. The summed E-state index contributed by atoms with van der Waals surface area (Å²) in [5.74, 6) is -0.366. The van der Waals surface area contributed by atoms with Crippen molar-refractivity contribution in [3.63, 3.8) is 0 Å². The fraction of sp³-hybridized carbons (Fsp3) is 0.591. The van der Waals surface area contributed by atoms with E-state index in [-0.39, 0.29) is 61.9 Å². The molecule has 4 rings (SSSR count). The van der Waals surface area contributed by atoms with Crippen LogP contribution in [0.25, 0.3) is 0 Å². The maximum absolute atomic E-state index is 14.3. The van der Waals surface area contributed by atoms with Crippen LogP contribution in [-0.2, 0) is 50.7 Å². The van der Waals surface area contributed by atoms with Gasteiger partial charge in [-0.25, -0.2) is 4.79 Å². The monoisotopic (exact) mass is 810 g/mol. The molecule has 0 spiro atoms. The van der Waals surface area contributed by atoms with Crippen LogP contribution in [0.1, 0.15) is 105 Å². The Morgan fingerprint density at radius 3 is 2.12 bits per heavy atom. The van der Waals surface area contributed by atoms with Crippen LogP contribution in [0.5, 0.6) is 0 Å². The minimum absolute atomic E-state index is 0. The molecule has 2 aromatic carbocycles. The van der Waals surface area contributed by atoms with Gasteiger partial charge in [0.25, 0.3) is 0 Å². The number of amides is 4. The zero-order valence-electron chi connectivity index (χ0n) is 34.5. The van der Waals surface area contributed by atoms with Crippen molar-refractivity contribution in [1.29, 1.82) is 0 Å². The summed E-state index contributed by atoms with van der Waals surface area (Å²) >= 11 is 0. The van der Waals surface area contributed by atoms with Crippen molar-refractivity contribution in [2.45, 2.75) is 136 Å². The van der Waals surface area contributed by atoms with Gasteiger partial charge in [0.15, 0.2) is 0 Å². The fourth-order valence-corrected chi connectivity index (χ4v) is 8.25. The summed E-state index contributed by atoms with van der Waals surface area (Å²) in [6.45, 7) is 15.1. The first-order valence-corrected chi connectivity index (χ1v) is 20.1. The molecule has 307 valence electrons. The van der Waals surface area contributed by atoms with Gasteiger partial charge in [0.2, 0.25) is 17.7 Å². The van der Waals surface area contributed by atoms with Crippen LogP contribution in [0.3, 0.4) is 0 Å². The second-order valence-corrected chi connectivity index (χ2v) is 17.2. The van der Waals surface area contributed by atoms with Gasteiger partial charge in [-0.05, 0) is 102 Å².